The zero-order chi connectivity index (χ0) is 23.0. The number of hydrogen-bond acceptors (Lipinski definition) is 7. The highest BCUT2D eigenvalue weighted by molar-refractivity contribution is 8.06. The molecular weight excluding hydrogens is 442 g/mol. The molecule has 11 heteroatoms. The number of rotatable bonds is 8. The first-order valence-corrected chi connectivity index (χ1v) is 11.7. The zero-order valence-corrected chi connectivity index (χ0v) is 19.0. The summed E-state index contributed by atoms with van der Waals surface area (Å²) in [6.45, 7) is 5.12. The lowest BCUT2D eigenvalue weighted by atomic mass is 10.1. The predicted molar refractivity (Wildman–Crippen MR) is 119 cm³/mol. The van der Waals surface area contributed by atoms with Gasteiger partial charge in [0.1, 0.15) is 22.9 Å². The smallest absolute Gasteiger partial charge is 0.353 e. The van der Waals surface area contributed by atoms with Crippen LogP contribution < -0.4 is 15.4 Å². The van der Waals surface area contributed by atoms with Gasteiger partial charge >= 0.3 is 5.97 Å². The third kappa shape index (κ3) is 6.17. The molecule has 1 aromatic carbocycles. The van der Waals surface area contributed by atoms with Crippen LogP contribution in [0.1, 0.15) is 20.8 Å². The number of carboxylic acid groups (broad SMARTS) is 1. The van der Waals surface area contributed by atoms with Gasteiger partial charge in [-0.2, -0.15) is 0 Å². The van der Waals surface area contributed by atoms with Gasteiger partial charge in [-0.25, -0.2) is 4.79 Å². The Morgan fingerprint density at radius 1 is 1.26 bits per heavy atom. The van der Waals surface area contributed by atoms with Gasteiger partial charge in [0.2, 0.25) is 5.91 Å². The third-order valence-electron chi connectivity index (χ3n) is 4.13. The van der Waals surface area contributed by atoms with Crippen LogP contribution in [0.5, 0.6) is 5.75 Å². The topological polar surface area (TPSA) is 125 Å². The number of ether oxygens (including phenoxy) is 1. The maximum atomic E-state index is 12.5. The van der Waals surface area contributed by atoms with Crippen molar-refractivity contribution in [3.05, 3.63) is 40.9 Å². The van der Waals surface area contributed by atoms with E-state index in [2.05, 4.69) is 10.6 Å². The fourth-order valence-electron chi connectivity index (χ4n) is 2.81. The van der Waals surface area contributed by atoms with Gasteiger partial charge in [-0.05, 0) is 12.1 Å². The van der Waals surface area contributed by atoms with E-state index in [1.807, 2.05) is 19.9 Å². The summed E-state index contributed by atoms with van der Waals surface area (Å²) in [5.41, 5.74) is -0.0971. The molecule has 168 valence electrons. The molecule has 31 heavy (non-hydrogen) atoms. The summed E-state index contributed by atoms with van der Waals surface area (Å²) >= 11 is 2.53. The lowest BCUT2D eigenvalue weighted by Crippen LogP contribution is -2.70. The van der Waals surface area contributed by atoms with Gasteiger partial charge in [0.15, 0.2) is 6.61 Å². The molecule has 0 aromatic heterocycles. The van der Waals surface area contributed by atoms with Crippen LogP contribution in [0.3, 0.4) is 0 Å². The zero-order valence-electron chi connectivity index (χ0n) is 17.4. The van der Waals surface area contributed by atoms with Crippen molar-refractivity contribution in [2.24, 2.45) is 0 Å². The van der Waals surface area contributed by atoms with Crippen LogP contribution in [-0.2, 0) is 19.2 Å². The molecule has 2 aliphatic rings. The number of thioether (sulfide) groups is 2. The van der Waals surface area contributed by atoms with Gasteiger partial charge < -0.3 is 20.5 Å². The van der Waals surface area contributed by atoms with Gasteiger partial charge in [-0.1, -0.05) is 32.0 Å². The normalized spacial score (nSPS) is 19.3. The number of β-lactam (4-membered cyclic amide) rings is 1. The van der Waals surface area contributed by atoms with Crippen LogP contribution in [0.4, 0.5) is 0 Å². The highest BCUT2D eigenvalue weighted by Gasteiger charge is 2.54. The van der Waals surface area contributed by atoms with E-state index in [1.165, 1.54) is 35.3 Å². The lowest BCUT2D eigenvalue weighted by Gasteiger charge is -2.49. The minimum absolute atomic E-state index is 0.0971. The van der Waals surface area contributed by atoms with Crippen molar-refractivity contribution in [3.8, 4) is 5.75 Å². The van der Waals surface area contributed by atoms with E-state index in [0.717, 1.165) is 0 Å². The van der Waals surface area contributed by atoms with Gasteiger partial charge in [-0.3, -0.25) is 19.3 Å². The van der Waals surface area contributed by atoms with Crippen LogP contribution in [0.2, 0.25) is 0 Å². The van der Waals surface area contributed by atoms with Crippen molar-refractivity contribution in [1.82, 2.24) is 15.5 Å². The van der Waals surface area contributed by atoms with Gasteiger partial charge in [0.05, 0.1) is 5.88 Å². The number of nitrogens with one attached hydrogen (secondary N) is 2. The molecule has 0 bridgehead atoms. The Kier molecular flexibility index (Phi) is 9.25. The minimum Gasteiger partial charge on any atom is -0.484 e. The van der Waals surface area contributed by atoms with Gasteiger partial charge in [0, 0.05) is 17.6 Å². The molecular formula is C20H25N3O6S2. The molecule has 1 fully saturated rings. The van der Waals surface area contributed by atoms with E-state index in [1.54, 1.807) is 24.3 Å². The van der Waals surface area contributed by atoms with Crippen LogP contribution in [0, 0.1) is 0 Å². The Hall–Kier alpha value is -2.66. The summed E-state index contributed by atoms with van der Waals surface area (Å²) in [5, 5.41) is 14.3. The molecule has 0 spiro atoms. The Morgan fingerprint density at radius 2 is 1.94 bits per heavy atom. The summed E-state index contributed by atoms with van der Waals surface area (Å²) < 4.78 is 5.36. The van der Waals surface area contributed by atoms with Crippen molar-refractivity contribution in [2.45, 2.75) is 32.2 Å². The van der Waals surface area contributed by atoms with Crippen LogP contribution in [0.15, 0.2) is 40.9 Å². The number of carboxylic acids is 1. The maximum Gasteiger partial charge on any atom is 0.353 e. The molecule has 1 saturated heterocycles. The fraction of sp³-hybridized carbons (Fsp3) is 0.400. The molecule has 3 N–H and O–H groups in total. The number of nitrogens with zero attached hydrogens (tertiary/aromatic N) is 1. The second-order valence-electron chi connectivity index (χ2n) is 6.16. The average Bonchev–Trinajstić information content (AvgIpc) is 2.77. The van der Waals surface area contributed by atoms with Crippen LogP contribution >= 0.6 is 23.5 Å². The van der Waals surface area contributed by atoms with Gasteiger partial charge in [-0.15, -0.1) is 23.5 Å². The van der Waals surface area contributed by atoms with E-state index < -0.39 is 29.2 Å². The molecule has 2 unspecified atom stereocenters. The van der Waals surface area contributed by atoms with Crippen molar-refractivity contribution in [2.75, 3.05) is 18.2 Å². The van der Waals surface area contributed by atoms with Crippen molar-refractivity contribution >= 4 is 47.2 Å². The van der Waals surface area contributed by atoms with E-state index in [9.17, 15) is 24.3 Å². The molecule has 3 rings (SSSR count). The van der Waals surface area contributed by atoms with E-state index >= 15 is 0 Å². The summed E-state index contributed by atoms with van der Waals surface area (Å²) in [5.74, 6) is -1.26. The number of aliphatic carboxylic acids is 1. The number of carbonyl (C=O) groups excluding carboxylic acids is 3. The second-order valence-corrected chi connectivity index (χ2v) is 8.33. The third-order valence-corrected chi connectivity index (χ3v) is 6.57. The monoisotopic (exact) mass is 467 g/mol. The maximum absolute atomic E-state index is 12.5. The fourth-order valence-corrected chi connectivity index (χ4v) is 5.31. The van der Waals surface area contributed by atoms with Crippen molar-refractivity contribution in [3.63, 3.8) is 0 Å². The minimum atomic E-state index is -1.22. The van der Waals surface area contributed by atoms with E-state index in [-0.39, 0.29) is 24.1 Å². The van der Waals surface area contributed by atoms with Gasteiger partial charge in [0.25, 0.3) is 11.8 Å². The SMILES string of the molecule is CC.CC(=O)NCSC1=C(C(=O)O)N2C(=O)C(NC(=O)COc3ccccc3)C2SC1. The number of benzene rings is 1. The van der Waals surface area contributed by atoms with E-state index in [4.69, 9.17) is 4.74 Å². The summed E-state index contributed by atoms with van der Waals surface area (Å²) in [6, 6.07) is 8.00. The molecule has 2 aliphatic heterocycles. The first-order valence-electron chi connectivity index (χ1n) is 9.64. The summed E-state index contributed by atoms with van der Waals surface area (Å²) in [6.07, 6.45) is 0. The number of fused-ring (bicyclic) bond motifs is 1. The second kappa shape index (κ2) is 11.7. The molecule has 0 radical (unpaired) electrons. The first-order chi connectivity index (χ1) is 14.9. The molecule has 2 heterocycles. The molecule has 9 nitrogen and oxygen atoms in total. The Bertz CT molecular complexity index is 862. The van der Waals surface area contributed by atoms with Crippen molar-refractivity contribution < 1.29 is 29.0 Å². The summed E-state index contributed by atoms with van der Waals surface area (Å²) in [7, 11) is 0. The number of para-hydroxylation sites is 1. The number of hydrogen-bond donors (Lipinski definition) is 3. The first kappa shape index (κ1) is 24.6. The number of carbonyl (C=O) groups is 4. The van der Waals surface area contributed by atoms with Crippen molar-refractivity contribution in [1.29, 1.82) is 0 Å². The Balaban J connectivity index is 0.00000166. The standard InChI is InChI=1S/C18H19N3O6S2.C2H6/c1-10(22)19-9-29-12-8-28-17-14(16(24)21(17)15(12)18(25)26)20-13(23)7-27-11-5-3-2-4-6-11;1-2/h2-6,14,17H,7-9H2,1H3,(H,19,22)(H,20,23)(H,25,26);1-2H3. The lowest BCUT2D eigenvalue weighted by molar-refractivity contribution is -0.150. The van der Waals surface area contributed by atoms with E-state index in [0.29, 0.717) is 16.4 Å². The molecule has 2 atom stereocenters. The summed E-state index contributed by atoms with van der Waals surface area (Å²) in [4.78, 5) is 49.1. The molecule has 0 saturated carbocycles. The van der Waals surface area contributed by atoms with Crippen LogP contribution in [0.25, 0.3) is 0 Å². The average molecular weight is 468 g/mol. The predicted octanol–water partition coefficient (Wildman–Crippen LogP) is 1.61. The number of amides is 3. The largest absolute Gasteiger partial charge is 0.484 e. The molecule has 0 aliphatic carbocycles. The highest BCUT2D eigenvalue weighted by atomic mass is 32.2. The van der Waals surface area contributed by atoms with Crippen LogP contribution in [-0.4, -0.2) is 63.3 Å². The Labute approximate surface area is 189 Å². The Morgan fingerprint density at radius 3 is 2.55 bits per heavy atom. The molecule has 3 amide bonds. The quantitative estimate of drug-likeness (QED) is 0.389. The molecule has 1 aromatic rings. The highest BCUT2D eigenvalue weighted by Crippen LogP contribution is 2.43.